The van der Waals surface area contributed by atoms with Gasteiger partial charge in [0.2, 0.25) is 0 Å². The SMILES string of the molecule is CCNC(=NCCCOCC1CCOCC1)NCCc1sc(C)nc1C.I. The van der Waals surface area contributed by atoms with Crippen molar-refractivity contribution in [2.24, 2.45) is 10.9 Å². The average molecular weight is 510 g/mol. The van der Waals surface area contributed by atoms with Gasteiger partial charge < -0.3 is 20.1 Å². The molecular formula is C19H35IN4O2S. The molecule has 156 valence electrons. The minimum absolute atomic E-state index is 0. The highest BCUT2D eigenvalue weighted by Gasteiger charge is 2.13. The van der Waals surface area contributed by atoms with E-state index in [1.54, 1.807) is 11.3 Å². The zero-order chi connectivity index (χ0) is 18.6. The fourth-order valence-electron chi connectivity index (χ4n) is 2.96. The normalized spacial score (nSPS) is 15.4. The molecule has 6 nitrogen and oxygen atoms in total. The Hall–Kier alpha value is -0.450. The monoisotopic (exact) mass is 510 g/mol. The Morgan fingerprint density at radius 2 is 2.07 bits per heavy atom. The van der Waals surface area contributed by atoms with Gasteiger partial charge in [-0.1, -0.05) is 0 Å². The summed E-state index contributed by atoms with van der Waals surface area (Å²) >= 11 is 1.78. The molecule has 0 unspecified atom stereocenters. The average Bonchev–Trinajstić information content (AvgIpc) is 2.96. The number of aromatic nitrogens is 1. The lowest BCUT2D eigenvalue weighted by Crippen LogP contribution is -2.38. The van der Waals surface area contributed by atoms with E-state index in [0.29, 0.717) is 5.92 Å². The van der Waals surface area contributed by atoms with Crippen molar-refractivity contribution < 1.29 is 9.47 Å². The van der Waals surface area contributed by atoms with Crippen molar-refractivity contribution in [3.05, 3.63) is 15.6 Å². The summed E-state index contributed by atoms with van der Waals surface area (Å²) in [6.45, 7) is 12.2. The van der Waals surface area contributed by atoms with E-state index >= 15 is 0 Å². The summed E-state index contributed by atoms with van der Waals surface area (Å²) in [5.74, 6) is 1.56. The number of hydrogen-bond acceptors (Lipinski definition) is 5. The number of nitrogens with zero attached hydrogens (tertiary/aromatic N) is 2. The lowest BCUT2D eigenvalue weighted by atomic mass is 10.0. The molecule has 2 N–H and O–H groups in total. The van der Waals surface area contributed by atoms with Gasteiger partial charge in [-0.3, -0.25) is 4.99 Å². The molecule has 0 atom stereocenters. The molecule has 1 aliphatic rings. The molecule has 1 aromatic heterocycles. The van der Waals surface area contributed by atoms with Crippen LogP contribution in [0.5, 0.6) is 0 Å². The van der Waals surface area contributed by atoms with Crippen LogP contribution in [0.1, 0.15) is 41.8 Å². The van der Waals surface area contributed by atoms with Crippen molar-refractivity contribution in [3.8, 4) is 0 Å². The molecule has 1 aromatic rings. The maximum absolute atomic E-state index is 5.80. The van der Waals surface area contributed by atoms with Crippen LogP contribution >= 0.6 is 35.3 Å². The third kappa shape index (κ3) is 10.0. The number of thiazole rings is 1. The molecule has 0 aromatic carbocycles. The number of hydrogen-bond donors (Lipinski definition) is 2. The van der Waals surface area contributed by atoms with E-state index in [1.165, 1.54) is 4.88 Å². The number of guanidine groups is 1. The van der Waals surface area contributed by atoms with Crippen LogP contribution in [-0.4, -0.2) is 57.0 Å². The van der Waals surface area contributed by atoms with Crippen molar-refractivity contribution in [1.29, 1.82) is 0 Å². The second-order valence-electron chi connectivity index (χ2n) is 6.66. The van der Waals surface area contributed by atoms with Crippen LogP contribution in [0.25, 0.3) is 0 Å². The van der Waals surface area contributed by atoms with Crippen molar-refractivity contribution in [2.75, 3.05) is 46.1 Å². The predicted octanol–water partition coefficient (Wildman–Crippen LogP) is 3.31. The standard InChI is InChI=1S/C19H34N4O2S.HI/c1-4-20-19(22-10-6-18-15(2)23-16(3)26-18)21-9-5-11-25-14-17-7-12-24-13-8-17;/h17H,4-14H2,1-3H3,(H2,20,21,22);1H. The molecule has 2 rings (SSSR count). The van der Waals surface area contributed by atoms with E-state index in [0.717, 1.165) is 88.4 Å². The first-order chi connectivity index (χ1) is 12.7. The van der Waals surface area contributed by atoms with E-state index in [4.69, 9.17) is 9.47 Å². The first-order valence-electron chi connectivity index (χ1n) is 9.79. The number of ether oxygens (including phenoxy) is 2. The van der Waals surface area contributed by atoms with Gasteiger partial charge in [0.1, 0.15) is 0 Å². The van der Waals surface area contributed by atoms with E-state index in [2.05, 4.69) is 41.4 Å². The quantitative estimate of drug-likeness (QED) is 0.219. The Morgan fingerprint density at radius 1 is 1.30 bits per heavy atom. The highest BCUT2D eigenvalue weighted by molar-refractivity contribution is 14.0. The first kappa shape index (κ1) is 24.6. The highest BCUT2D eigenvalue weighted by Crippen LogP contribution is 2.17. The second-order valence-corrected chi connectivity index (χ2v) is 7.95. The Kier molecular flexibility index (Phi) is 13.2. The summed E-state index contributed by atoms with van der Waals surface area (Å²) < 4.78 is 11.2. The highest BCUT2D eigenvalue weighted by atomic mass is 127. The zero-order valence-corrected chi connectivity index (χ0v) is 20.0. The van der Waals surface area contributed by atoms with Crippen LogP contribution in [0.4, 0.5) is 0 Å². The molecule has 8 heteroatoms. The van der Waals surface area contributed by atoms with Gasteiger partial charge in [-0.2, -0.15) is 0 Å². The van der Waals surface area contributed by atoms with Gasteiger partial charge in [0, 0.05) is 57.4 Å². The van der Waals surface area contributed by atoms with E-state index < -0.39 is 0 Å². The first-order valence-corrected chi connectivity index (χ1v) is 10.6. The molecular weight excluding hydrogens is 475 g/mol. The maximum Gasteiger partial charge on any atom is 0.191 e. The third-order valence-electron chi connectivity index (χ3n) is 4.40. The summed E-state index contributed by atoms with van der Waals surface area (Å²) in [6.07, 6.45) is 4.19. The molecule has 0 amide bonds. The summed E-state index contributed by atoms with van der Waals surface area (Å²) in [6, 6.07) is 0. The Bertz CT molecular complexity index is 548. The van der Waals surface area contributed by atoms with Gasteiger partial charge in [-0.25, -0.2) is 4.98 Å². The molecule has 0 aliphatic carbocycles. The van der Waals surface area contributed by atoms with Crippen molar-refractivity contribution in [2.45, 2.75) is 46.5 Å². The van der Waals surface area contributed by atoms with Crippen LogP contribution in [0.3, 0.4) is 0 Å². The number of rotatable bonds is 10. The Balaban J connectivity index is 0.00000364. The van der Waals surface area contributed by atoms with Crippen LogP contribution < -0.4 is 10.6 Å². The summed E-state index contributed by atoms with van der Waals surface area (Å²) in [4.78, 5) is 10.5. The second kappa shape index (κ2) is 14.5. The number of aryl methyl sites for hydroxylation is 2. The lowest BCUT2D eigenvalue weighted by Gasteiger charge is -2.21. The topological polar surface area (TPSA) is 67.8 Å². The minimum atomic E-state index is 0. The summed E-state index contributed by atoms with van der Waals surface area (Å²) in [7, 11) is 0. The van der Waals surface area contributed by atoms with Gasteiger partial charge in [-0.05, 0) is 46.0 Å². The van der Waals surface area contributed by atoms with Crippen molar-refractivity contribution >= 4 is 41.3 Å². The van der Waals surface area contributed by atoms with Crippen LogP contribution in [-0.2, 0) is 15.9 Å². The third-order valence-corrected chi connectivity index (χ3v) is 5.53. The largest absolute Gasteiger partial charge is 0.381 e. The minimum Gasteiger partial charge on any atom is -0.381 e. The Morgan fingerprint density at radius 3 is 2.74 bits per heavy atom. The maximum atomic E-state index is 5.80. The van der Waals surface area contributed by atoms with Crippen molar-refractivity contribution in [1.82, 2.24) is 15.6 Å². The molecule has 0 saturated carbocycles. The van der Waals surface area contributed by atoms with Gasteiger partial charge in [0.15, 0.2) is 5.96 Å². The molecule has 0 spiro atoms. The summed E-state index contributed by atoms with van der Waals surface area (Å²) in [5.41, 5.74) is 1.15. The fourth-order valence-corrected chi connectivity index (χ4v) is 3.90. The molecule has 0 radical (unpaired) electrons. The molecule has 1 fully saturated rings. The van der Waals surface area contributed by atoms with E-state index in [-0.39, 0.29) is 24.0 Å². The molecule has 1 aliphatic heterocycles. The molecule has 0 bridgehead atoms. The van der Waals surface area contributed by atoms with Crippen LogP contribution in [0.2, 0.25) is 0 Å². The number of halogens is 1. The molecule has 2 heterocycles. The van der Waals surface area contributed by atoms with Gasteiger partial charge in [0.05, 0.1) is 10.7 Å². The smallest absolute Gasteiger partial charge is 0.191 e. The van der Waals surface area contributed by atoms with Gasteiger partial charge in [0.25, 0.3) is 0 Å². The van der Waals surface area contributed by atoms with Crippen LogP contribution in [0, 0.1) is 19.8 Å². The van der Waals surface area contributed by atoms with Gasteiger partial charge in [-0.15, -0.1) is 35.3 Å². The van der Waals surface area contributed by atoms with Crippen molar-refractivity contribution in [3.63, 3.8) is 0 Å². The predicted molar refractivity (Wildman–Crippen MR) is 124 cm³/mol. The molecule has 1 saturated heterocycles. The van der Waals surface area contributed by atoms with E-state index in [9.17, 15) is 0 Å². The number of nitrogens with one attached hydrogen (secondary N) is 2. The Labute approximate surface area is 184 Å². The fraction of sp³-hybridized carbons (Fsp3) is 0.789. The van der Waals surface area contributed by atoms with Crippen LogP contribution in [0.15, 0.2) is 4.99 Å². The van der Waals surface area contributed by atoms with E-state index in [1.807, 2.05) is 0 Å². The van der Waals surface area contributed by atoms with Gasteiger partial charge >= 0.3 is 0 Å². The lowest BCUT2D eigenvalue weighted by molar-refractivity contribution is 0.0205. The summed E-state index contributed by atoms with van der Waals surface area (Å²) in [5, 5.41) is 7.85. The molecule has 27 heavy (non-hydrogen) atoms. The zero-order valence-electron chi connectivity index (χ0n) is 16.9. The number of aliphatic imine (C=N–C) groups is 1.